The predicted octanol–water partition coefficient (Wildman–Crippen LogP) is 3.43. The van der Waals surface area contributed by atoms with Crippen molar-refractivity contribution in [2.24, 2.45) is 0 Å². The zero-order valence-corrected chi connectivity index (χ0v) is 12.0. The molecule has 0 radical (unpaired) electrons. The van der Waals surface area contributed by atoms with E-state index in [0.717, 1.165) is 0 Å². The van der Waals surface area contributed by atoms with E-state index in [1.807, 2.05) is 0 Å². The van der Waals surface area contributed by atoms with E-state index in [0.29, 0.717) is 0 Å². The van der Waals surface area contributed by atoms with Crippen LogP contribution in [-0.4, -0.2) is 0 Å². The van der Waals surface area contributed by atoms with Crippen molar-refractivity contribution in [3.63, 3.8) is 0 Å². The van der Waals surface area contributed by atoms with E-state index in [9.17, 15) is 0 Å². The molecule has 0 bridgehead atoms. The second kappa shape index (κ2) is 4.58. The first kappa shape index (κ1) is 11.6. The quantitative estimate of drug-likeness (QED) is 0.652. The fourth-order valence-corrected chi connectivity index (χ4v) is 3.15. The van der Waals surface area contributed by atoms with Crippen molar-refractivity contribution in [2.75, 3.05) is 0 Å². The fraction of sp³-hybridized carbons (Fsp3) is 0.200. The van der Waals surface area contributed by atoms with E-state index in [1.165, 1.54) is 32.3 Å². The Labute approximate surface area is 110 Å². The Morgan fingerprint density at radius 1 is 0.938 bits per heavy atom. The van der Waals surface area contributed by atoms with Gasteiger partial charge in [0.2, 0.25) is 0 Å². The van der Waals surface area contributed by atoms with Gasteiger partial charge in [-0.25, -0.2) is 0 Å². The summed E-state index contributed by atoms with van der Waals surface area (Å²) in [6.07, 6.45) is 2.21. The van der Waals surface area contributed by atoms with Gasteiger partial charge in [-0.15, -0.1) is 0 Å². The van der Waals surface area contributed by atoms with E-state index in [2.05, 4.69) is 77.8 Å². The summed E-state index contributed by atoms with van der Waals surface area (Å²) in [5, 5.41) is 5.47. The summed E-state index contributed by atoms with van der Waals surface area (Å²) in [4.78, 5) is 0. The molecular weight excluding hydrogens is 307 g/mol. The minimum Gasteiger partial charge on any atom is -0.0795 e. The van der Waals surface area contributed by atoms with Crippen LogP contribution in [0.5, 0.6) is 0 Å². The van der Waals surface area contributed by atoms with Gasteiger partial charge in [0, 0.05) is 0 Å². The summed E-state index contributed by atoms with van der Waals surface area (Å²) in [5.41, 5.74) is 2.76. The van der Waals surface area contributed by atoms with Gasteiger partial charge in [-0.2, -0.15) is 0 Å². The number of fused-ring (bicyclic) bond motifs is 1. The van der Waals surface area contributed by atoms with Crippen LogP contribution in [-0.2, 0) is 0 Å². The van der Waals surface area contributed by atoms with Crippen LogP contribution in [0.25, 0.3) is 20.9 Å². The molecule has 0 fully saturated rings. The highest BCUT2D eigenvalue weighted by Gasteiger charge is 2.03. The minimum absolute atomic E-state index is 1.36. The summed E-state index contributed by atoms with van der Waals surface area (Å²) in [6, 6.07) is 8.64. The monoisotopic (exact) mass is 322 g/mol. The average molecular weight is 322 g/mol. The molecule has 0 aliphatic carbocycles. The molecule has 0 saturated heterocycles. The van der Waals surface area contributed by atoms with Crippen molar-refractivity contribution in [2.45, 2.75) is 20.8 Å². The van der Waals surface area contributed by atoms with Gasteiger partial charge in [0.1, 0.15) is 0 Å². The molecule has 82 valence electrons. The van der Waals surface area contributed by atoms with Gasteiger partial charge in [-0.1, -0.05) is 52.9 Å². The van der Waals surface area contributed by atoms with Crippen molar-refractivity contribution in [3.8, 4) is 0 Å². The molecule has 1 heteroatoms. The van der Waals surface area contributed by atoms with Crippen LogP contribution in [0.15, 0.2) is 24.3 Å². The van der Waals surface area contributed by atoms with E-state index in [-0.39, 0.29) is 0 Å². The molecule has 2 rings (SSSR count). The lowest BCUT2D eigenvalue weighted by atomic mass is 9.97. The Balaban J connectivity index is 3.20. The molecule has 0 N–H and O–H groups in total. The highest BCUT2D eigenvalue weighted by molar-refractivity contribution is 14.1. The summed E-state index contributed by atoms with van der Waals surface area (Å²) < 4.78 is 2.18. The largest absolute Gasteiger partial charge is 0.0795 e. The Hall–Kier alpha value is -0.830. The summed E-state index contributed by atoms with van der Waals surface area (Å²) in [5.74, 6) is 0. The van der Waals surface area contributed by atoms with E-state index in [1.54, 1.807) is 0 Å². The molecule has 0 nitrogen and oxygen atoms in total. The zero-order chi connectivity index (χ0) is 11.7. The fourth-order valence-electron chi connectivity index (χ4n) is 2.34. The Morgan fingerprint density at radius 2 is 1.44 bits per heavy atom. The van der Waals surface area contributed by atoms with E-state index in [4.69, 9.17) is 0 Å². The van der Waals surface area contributed by atoms with Gasteiger partial charge in [0.15, 0.2) is 0 Å². The average Bonchev–Trinajstić information content (AvgIpc) is 2.33. The summed E-state index contributed by atoms with van der Waals surface area (Å²) in [7, 11) is 0. The molecule has 2 aromatic carbocycles. The second-order valence-corrected chi connectivity index (χ2v) is 4.64. The van der Waals surface area contributed by atoms with Crippen LogP contribution < -0.4 is 10.4 Å². The number of benzene rings is 2. The maximum absolute atomic E-state index is 2.33. The summed E-state index contributed by atoms with van der Waals surface area (Å²) >= 11 is 2.33. The molecule has 0 unspecified atom stereocenters. The Bertz CT molecular complexity index is 593. The van der Waals surface area contributed by atoms with Crippen molar-refractivity contribution in [3.05, 3.63) is 45.8 Å². The van der Waals surface area contributed by atoms with Crippen LogP contribution in [0.4, 0.5) is 0 Å². The van der Waals surface area contributed by atoms with Gasteiger partial charge in [0.05, 0.1) is 0 Å². The van der Waals surface area contributed by atoms with Gasteiger partial charge in [0.25, 0.3) is 0 Å². The second-order valence-electron chi connectivity index (χ2n) is 4.02. The van der Waals surface area contributed by atoms with Crippen molar-refractivity contribution in [1.29, 1.82) is 0 Å². The number of hydrogen-bond acceptors (Lipinski definition) is 0. The topological polar surface area (TPSA) is 0 Å². The molecule has 0 atom stereocenters. The highest BCUT2D eigenvalue weighted by Crippen LogP contribution is 2.16. The first-order chi connectivity index (χ1) is 7.70. The normalized spacial score (nSPS) is 13.8. The predicted molar refractivity (Wildman–Crippen MR) is 81.3 cm³/mol. The lowest BCUT2D eigenvalue weighted by Gasteiger charge is -2.08. The molecule has 16 heavy (non-hydrogen) atoms. The van der Waals surface area contributed by atoms with E-state index >= 15 is 0 Å². The van der Waals surface area contributed by atoms with Crippen LogP contribution >= 0.6 is 22.6 Å². The lowest BCUT2D eigenvalue weighted by Crippen LogP contribution is -2.29. The highest BCUT2D eigenvalue weighted by atomic mass is 127. The number of rotatable bonds is 0. The number of halogens is 1. The SMILES string of the molecule is C/C=c1/c(C)c2ccccc2c(C)/c1=C/I. The van der Waals surface area contributed by atoms with Gasteiger partial charge in [-0.05, 0) is 57.2 Å². The Morgan fingerprint density at radius 3 is 1.88 bits per heavy atom. The van der Waals surface area contributed by atoms with Gasteiger partial charge in [-0.3, -0.25) is 0 Å². The maximum Gasteiger partial charge on any atom is -0.00883 e. The molecule has 0 aliphatic rings. The van der Waals surface area contributed by atoms with Gasteiger partial charge >= 0.3 is 0 Å². The third-order valence-electron chi connectivity index (χ3n) is 3.23. The molecule has 0 spiro atoms. The van der Waals surface area contributed by atoms with E-state index < -0.39 is 0 Å². The standard InChI is InChI=1S/C15H15I/c1-4-12-10(2)13-7-5-6-8-14(13)11(3)15(12)9-16/h4-9H,1-3H3/b12-4-,15-9-. The van der Waals surface area contributed by atoms with Crippen molar-refractivity contribution in [1.82, 2.24) is 0 Å². The maximum atomic E-state index is 2.33. The third kappa shape index (κ3) is 1.67. The molecule has 0 aliphatic heterocycles. The van der Waals surface area contributed by atoms with Crippen LogP contribution in [0.2, 0.25) is 0 Å². The number of aryl methyl sites for hydroxylation is 2. The van der Waals surface area contributed by atoms with Gasteiger partial charge < -0.3 is 0 Å². The van der Waals surface area contributed by atoms with Crippen molar-refractivity contribution >= 4 is 43.5 Å². The first-order valence-electron chi connectivity index (χ1n) is 5.45. The minimum atomic E-state index is 1.36. The molecule has 2 aromatic rings. The molecule has 0 saturated carbocycles. The third-order valence-corrected chi connectivity index (χ3v) is 3.85. The lowest BCUT2D eigenvalue weighted by molar-refractivity contribution is 1.35. The molecule has 0 heterocycles. The zero-order valence-electron chi connectivity index (χ0n) is 9.84. The van der Waals surface area contributed by atoms with Crippen molar-refractivity contribution < 1.29 is 0 Å². The van der Waals surface area contributed by atoms with Crippen LogP contribution in [0.3, 0.4) is 0 Å². The van der Waals surface area contributed by atoms with Crippen LogP contribution in [0.1, 0.15) is 18.1 Å². The molecular formula is C15H15I. The molecule has 0 aromatic heterocycles. The molecule has 0 amide bonds. The first-order valence-corrected chi connectivity index (χ1v) is 6.70. The number of hydrogen-bond donors (Lipinski definition) is 0. The smallest absolute Gasteiger partial charge is 0.00883 e. The van der Waals surface area contributed by atoms with Crippen LogP contribution in [0, 0.1) is 13.8 Å². The Kier molecular flexibility index (Phi) is 3.33. The summed E-state index contributed by atoms with van der Waals surface area (Å²) in [6.45, 7) is 6.53.